The van der Waals surface area contributed by atoms with Crippen molar-refractivity contribution >= 4 is 16.3 Å². The highest BCUT2D eigenvalue weighted by Gasteiger charge is 2.10. The molecule has 2 aromatic rings. The average Bonchev–Trinajstić information content (AvgIpc) is 2.61. The molecule has 76 valence electrons. The van der Waals surface area contributed by atoms with Crippen molar-refractivity contribution in [2.45, 2.75) is 32.7 Å². The maximum absolute atomic E-state index is 5.71. The summed E-state index contributed by atoms with van der Waals surface area (Å²) in [6.45, 7) is 4.02. The Morgan fingerprint density at radius 2 is 2.29 bits per heavy atom. The van der Waals surface area contributed by atoms with E-state index in [0.717, 1.165) is 28.6 Å². The third-order valence-electron chi connectivity index (χ3n) is 1.91. The van der Waals surface area contributed by atoms with Crippen LogP contribution in [0.25, 0.3) is 4.96 Å². The topological polar surface area (TPSA) is 69.1 Å². The van der Waals surface area contributed by atoms with Gasteiger partial charge >= 0.3 is 0 Å². The Balaban J connectivity index is 2.37. The second kappa shape index (κ2) is 3.62. The van der Waals surface area contributed by atoms with Gasteiger partial charge in [-0.25, -0.2) is 0 Å². The summed E-state index contributed by atoms with van der Waals surface area (Å²) in [7, 11) is 0. The summed E-state index contributed by atoms with van der Waals surface area (Å²) in [5.41, 5.74) is 5.71. The number of nitrogens with two attached hydrogens (primary N) is 1. The molecule has 2 aromatic heterocycles. The highest BCUT2D eigenvalue weighted by Crippen LogP contribution is 2.15. The van der Waals surface area contributed by atoms with E-state index >= 15 is 0 Å². The second-order valence-electron chi connectivity index (χ2n) is 3.34. The van der Waals surface area contributed by atoms with Crippen LogP contribution in [-0.2, 0) is 12.8 Å². The van der Waals surface area contributed by atoms with E-state index in [1.807, 2.05) is 18.4 Å². The maximum atomic E-state index is 5.71. The van der Waals surface area contributed by atoms with E-state index in [1.54, 1.807) is 11.3 Å². The minimum atomic E-state index is 0.142. The molecule has 2 heterocycles. The smallest absolute Gasteiger partial charge is 0.234 e. The molecule has 0 radical (unpaired) electrons. The van der Waals surface area contributed by atoms with E-state index in [0.29, 0.717) is 0 Å². The molecule has 0 aromatic carbocycles. The predicted octanol–water partition coefficient (Wildman–Crippen LogP) is 0.638. The lowest BCUT2D eigenvalue weighted by molar-refractivity contribution is 0.712. The Labute approximate surface area is 86.0 Å². The third kappa shape index (κ3) is 1.62. The second-order valence-corrected chi connectivity index (χ2v) is 4.38. The van der Waals surface area contributed by atoms with Gasteiger partial charge in [-0.3, -0.25) is 0 Å². The first kappa shape index (κ1) is 9.54. The molecule has 0 spiro atoms. The van der Waals surface area contributed by atoms with Gasteiger partial charge in [0.25, 0.3) is 0 Å². The lowest BCUT2D eigenvalue weighted by Crippen LogP contribution is -2.17. The summed E-state index contributed by atoms with van der Waals surface area (Å²) in [6, 6.07) is 0.142. The van der Waals surface area contributed by atoms with E-state index in [2.05, 4.69) is 15.3 Å². The van der Waals surface area contributed by atoms with Crippen molar-refractivity contribution < 1.29 is 0 Å². The van der Waals surface area contributed by atoms with Crippen LogP contribution >= 0.6 is 11.3 Å². The van der Waals surface area contributed by atoms with E-state index in [-0.39, 0.29) is 6.04 Å². The number of nitrogens with zero attached hydrogens (tertiary/aromatic N) is 4. The fourth-order valence-corrected chi connectivity index (χ4v) is 2.27. The van der Waals surface area contributed by atoms with Crippen molar-refractivity contribution in [2.24, 2.45) is 5.73 Å². The molecule has 5 nitrogen and oxygen atoms in total. The summed E-state index contributed by atoms with van der Waals surface area (Å²) in [6.07, 6.45) is 1.65. The van der Waals surface area contributed by atoms with Gasteiger partial charge in [-0.2, -0.15) is 9.61 Å². The number of aromatic nitrogens is 4. The Kier molecular flexibility index (Phi) is 2.47. The van der Waals surface area contributed by atoms with E-state index in [1.165, 1.54) is 0 Å². The molecule has 0 aliphatic carbocycles. The summed E-state index contributed by atoms with van der Waals surface area (Å²) < 4.78 is 1.81. The van der Waals surface area contributed by atoms with Gasteiger partial charge in [-0.15, -0.1) is 10.2 Å². The molecule has 0 bridgehead atoms. The Morgan fingerprint density at radius 3 is 2.93 bits per heavy atom. The molecule has 0 amide bonds. The number of fused-ring (bicyclic) bond motifs is 1. The zero-order chi connectivity index (χ0) is 10.1. The molecule has 0 aliphatic rings. The van der Waals surface area contributed by atoms with Crippen molar-refractivity contribution in [1.29, 1.82) is 0 Å². The van der Waals surface area contributed by atoms with E-state index < -0.39 is 0 Å². The number of hydrogen-bond donors (Lipinski definition) is 1. The lowest BCUT2D eigenvalue weighted by atomic mass is 10.3. The summed E-state index contributed by atoms with van der Waals surface area (Å²) >= 11 is 1.56. The van der Waals surface area contributed by atoms with E-state index in [9.17, 15) is 0 Å². The van der Waals surface area contributed by atoms with Crippen LogP contribution < -0.4 is 5.73 Å². The Morgan fingerprint density at radius 1 is 1.50 bits per heavy atom. The first-order valence-electron chi connectivity index (χ1n) is 4.66. The highest BCUT2D eigenvalue weighted by atomic mass is 32.1. The van der Waals surface area contributed by atoms with Gasteiger partial charge in [0.2, 0.25) is 4.96 Å². The monoisotopic (exact) mass is 211 g/mol. The van der Waals surface area contributed by atoms with Crippen LogP contribution in [0.3, 0.4) is 0 Å². The Bertz CT molecular complexity index is 430. The number of hydrogen-bond acceptors (Lipinski definition) is 5. The van der Waals surface area contributed by atoms with E-state index in [4.69, 9.17) is 5.73 Å². The molecule has 0 fully saturated rings. The van der Waals surface area contributed by atoms with Crippen LogP contribution in [0.5, 0.6) is 0 Å². The first-order valence-corrected chi connectivity index (χ1v) is 5.48. The van der Waals surface area contributed by atoms with Gasteiger partial charge in [0.15, 0.2) is 5.82 Å². The van der Waals surface area contributed by atoms with Crippen molar-refractivity contribution in [1.82, 2.24) is 19.8 Å². The molecule has 1 atom stereocenters. The normalized spacial score (nSPS) is 13.6. The quantitative estimate of drug-likeness (QED) is 0.808. The zero-order valence-electron chi connectivity index (χ0n) is 8.27. The fraction of sp³-hybridized carbons (Fsp3) is 0.625. The largest absolute Gasteiger partial charge is 0.328 e. The first-order chi connectivity index (χ1) is 6.70. The number of rotatable bonds is 3. The van der Waals surface area contributed by atoms with Crippen LogP contribution in [0.4, 0.5) is 0 Å². The van der Waals surface area contributed by atoms with Gasteiger partial charge in [0.05, 0.1) is 0 Å². The molecule has 2 rings (SSSR count). The van der Waals surface area contributed by atoms with Crippen LogP contribution in [0.15, 0.2) is 0 Å². The average molecular weight is 211 g/mol. The fourth-order valence-electron chi connectivity index (χ4n) is 1.28. The number of aryl methyl sites for hydroxylation is 1. The van der Waals surface area contributed by atoms with Crippen molar-refractivity contribution in [3.63, 3.8) is 0 Å². The third-order valence-corrected chi connectivity index (χ3v) is 2.83. The minimum Gasteiger partial charge on any atom is -0.328 e. The molecule has 14 heavy (non-hydrogen) atoms. The summed E-state index contributed by atoms with van der Waals surface area (Å²) in [5, 5.41) is 13.5. The van der Waals surface area contributed by atoms with Crippen LogP contribution in [0.1, 0.15) is 24.7 Å². The van der Waals surface area contributed by atoms with Gasteiger partial charge < -0.3 is 5.73 Å². The Hall–Kier alpha value is -1.01. The van der Waals surface area contributed by atoms with Crippen molar-refractivity contribution in [3.05, 3.63) is 10.8 Å². The predicted molar refractivity (Wildman–Crippen MR) is 55.4 cm³/mol. The molecular weight excluding hydrogens is 198 g/mol. The molecule has 0 saturated heterocycles. The standard InChI is InChI=1S/C8H13N5S/c1-3-6-10-11-8-13(6)12-7(14-8)4-5(2)9/h5H,3-4,9H2,1-2H3. The molecule has 2 N–H and O–H groups in total. The van der Waals surface area contributed by atoms with Crippen molar-refractivity contribution in [3.8, 4) is 0 Å². The van der Waals surface area contributed by atoms with Crippen LogP contribution in [0.2, 0.25) is 0 Å². The minimum absolute atomic E-state index is 0.142. The SMILES string of the molecule is CCc1nnc2sc(CC(C)N)nn12. The summed E-state index contributed by atoms with van der Waals surface area (Å²) in [4.78, 5) is 0.859. The molecule has 6 heteroatoms. The zero-order valence-corrected chi connectivity index (χ0v) is 9.08. The molecule has 0 aliphatic heterocycles. The maximum Gasteiger partial charge on any atom is 0.234 e. The van der Waals surface area contributed by atoms with Crippen molar-refractivity contribution in [2.75, 3.05) is 0 Å². The van der Waals surface area contributed by atoms with Gasteiger partial charge in [-0.1, -0.05) is 18.3 Å². The molecule has 1 unspecified atom stereocenters. The van der Waals surface area contributed by atoms with Gasteiger partial charge in [0, 0.05) is 18.9 Å². The molecular formula is C8H13N5S. The highest BCUT2D eigenvalue weighted by molar-refractivity contribution is 7.16. The van der Waals surface area contributed by atoms with Gasteiger partial charge in [0.1, 0.15) is 5.01 Å². The van der Waals surface area contributed by atoms with Gasteiger partial charge in [-0.05, 0) is 6.92 Å². The van der Waals surface area contributed by atoms with Crippen LogP contribution in [0, 0.1) is 0 Å². The summed E-state index contributed by atoms with van der Waals surface area (Å²) in [5.74, 6) is 0.909. The van der Waals surface area contributed by atoms with Crippen LogP contribution in [-0.4, -0.2) is 25.9 Å². The molecule has 0 saturated carbocycles. The lowest BCUT2D eigenvalue weighted by Gasteiger charge is -1.98.